The van der Waals surface area contributed by atoms with Gasteiger partial charge in [0.2, 0.25) is 5.88 Å². The number of carbonyl (C=O) groups is 1. The molecule has 0 amide bonds. The summed E-state index contributed by atoms with van der Waals surface area (Å²) in [5, 5.41) is 9.86. The average molecular weight is 439 g/mol. The zero-order valence-corrected chi connectivity index (χ0v) is 18.4. The van der Waals surface area contributed by atoms with Gasteiger partial charge < -0.3 is 25.1 Å². The van der Waals surface area contributed by atoms with Gasteiger partial charge in [-0.3, -0.25) is 4.90 Å². The minimum Gasteiger partial charge on any atom is -0.508 e. The number of nitrogens with two attached hydrogens (primary N) is 1. The molecule has 7 heteroatoms. The third-order valence-electron chi connectivity index (χ3n) is 5.92. The van der Waals surface area contributed by atoms with Gasteiger partial charge in [-0.15, -0.1) is 0 Å². The molecular formula is C25H30N2O5. The number of fused-ring (bicyclic) bond motifs is 1. The van der Waals surface area contributed by atoms with Crippen molar-refractivity contribution in [1.29, 1.82) is 0 Å². The van der Waals surface area contributed by atoms with Crippen molar-refractivity contribution in [3.8, 4) is 17.2 Å². The Morgan fingerprint density at radius 1 is 1.16 bits per heavy atom. The van der Waals surface area contributed by atoms with E-state index in [4.69, 9.17) is 19.9 Å². The summed E-state index contributed by atoms with van der Waals surface area (Å²) in [5.41, 5.74) is 7.96. The maximum absolute atomic E-state index is 12.7. The zero-order chi connectivity index (χ0) is 22.5. The Bertz CT molecular complexity index is 980. The molecule has 0 bridgehead atoms. The van der Waals surface area contributed by atoms with E-state index >= 15 is 0 Å². The quantitative estimate of drug-likeness (QED) is 0.639. The van der Waals surface area contributed by atoms with Gasteiger partial charge in [0, 0.05) is 18.2 Å². The van der Waals surface area contributed by atoms with Crippen molar-refractivity contribution >= 4 is 5.97 Å². The number of phenolic OH excluding ortho intramolecular Hbond substituents is 1. The van der Waals surface area contributed by atoms with Crippen molar-refractivity contribution in [1.82, 2.24) is 4.90 Å². The predicted octanol–water partition coefficient (Wildman–Crippen LogP) is 3.51. The van der Waals surface area contributed by atoms with E-state index in [1.807, 2.05) is 24.3 Å². The second-order valence-corrected chi connectivity index (χ2v) is 8.08. The first kappa shape index (κ1) is 22.0. The molecule has 0 radical (unpaired) electrons. The lowest BCUT2D eigenvalue weighted by molar-refractivity contribution is -0.139. The first-order valence-electron chi connectivity index (χ1n) is 11.2. The number of likely N-dealkylation sites (tertiary alicyclic amines) is 1. The van der Waals surface area contributed by atoms with E-state index in [1.165, 1.54) is 25.3 Å². The van der Waals surface area contributed by atoms with Crippen LogP contribution in [-0.2, 0) is 9.53 Å². The van der Waals surface area contributed by atoms with Gasteiger partial charge in [-0.25, -0.2) is 4.79 Å². The summed E-state index contributed by atoms with van der Waals surface area (Å²) >= 11 is 0. The highest BCUT2D eigenvalue weighted by Crippen LogP contribution is 2.44. The first-order chi connectivity index (χ1) is 15.6. The van der Waals surface area contributed by atoms with Gasteiger partial charge >= 0.3 is 5.97 Å². The standard InChI is InChI=1S/C25H30N2O5/c1-2-30-25(29)23-22(20-11-8-18(28)16-21(20)32-24(23)26)17-6-9-19(10-7-17)31-15-14-27-12-4-3-5-13-27/h6-11,16,22,28H,2-5,12-15,26H2,1H3. The molecule has 2 aliphatic rings. The van der Waals surface area contributed by atoms with Crippen LogP contribution in [0.2, 0.25) is 0 Å². The largest absolute Gasteiger partial charge is 0.508 e. The number of benzene rings is 2. The molecular weight excluding hydrogens is 408 g/mol. The minimum absolute atomic E-state index is 0.0200. The summed E-state index contributed by atoms with van der Waals surface area (Å²) in [6, 6.07) is 12.5. The van der Waals surface area contributed by atoms with Crippen LogP contribution in [0, 0.1) is 0 Å². The van der Waals surface area contributed by atoms with Gasteiger partial charge in [-0.2, -0.15) is 0 Å². The molecule has 0 saturated carbocycles. The van der Waals surface area contributed by atoms with Crippen LogP contribution >= 0.6 is 0 Å². The number of carbonyl (C=O) groups excluding carboxylic acids is 1. The smallest absolute Gasteiger partial charge is 0.340 e. The van der Waals surface area contributed by atoms with Crippen molar-refractivity contribution in [2.75, 3.05) is 32.8 Å². The normalized spacial score (nSPS) is 18.6. The Morgan fingerprint density at radius 2 is 1.91 bits per heavy atom. The van der Waals surface area contributed by atoms with Crippen LogP contribution in [0.1, 0.15) is 43.2 Å². The van der Waals surface area contributed by atoms with Crippen LogP contribution in [0.25, 0.3) is 0 Å². The van der Waals surface area contributed by atoms with Crippen LogP contribution in [0.3, 0.4) is 0 Å². The molecule has 3 N–H and O–H groups in total. The van der Waals surface area contributed by atoms with Crippen molar-refractivity contribution in [3.63, 3.8) is 0 Å². The van der Waals surface area contributed by atoms with Crippen LogP contribution in [0.15, 0.2) is 53.9 Å². The Hall–Kier alpha value is -3.19. The molecule has 32 heavy (non-hydrogen) atoms. The maximum Gasteiger partial charge on any atom is 0.340 e. The molecule has 2 aliphatic heterocycles. The zero-order valence-electron chi connectivity index (χ0n) is 18.4. The Labute approximate surface area is 188 Å². The predicted molar refractivity (Wildman–Crippen MR) is 121 cm³/mol. The first-order valence-corrected chi connectivity index (χ1v) is 11.2. The molecule has 0 aromatic heterocycles. The Morgan fingerprint density at radius 3 is 2.62 bits per heavy atom. The van der Waals surface area contributed by atoms with E-state index < -0.39 is 11.9 Å². The summed E-state index contributed by atoms with van der Waals surface area (Å²) in [6.45, 7) is 5.82. The Balaban J connectivity index is 1.54. The molecule has 1 saturated heterocycles. The fourth-order valence-electron chi connectivity index (χ4n) is 4.33. The topological polar surface area (TPSA) is 94.2 Å². The van der Waals surface area contributed by atoms with E-state index in [-0.39, 0.29) is 23.8 Å². The van der Waals surface area contributed by atoms with Crippen LogP contribution in [0.4, 0.5) is 0 Å². The lowest BCUT2D eigenvalue weighted by Crippen LogP contribution is -2.33. The average Bonchev–Trinajstić information content (AvgIpc) is 2.79. The molecule has 0 spiro atoms. The lowest BCUT2D eigenvalue weighted by Gasteiger charge is -2.28. The molecule has 0 aliphatic carbocycles. The molecule has 1 atom stereocenters. The maximum atomic E-state index is 12.7. The van der Waals surface area contributed by atoms with E-state index in [2.05, 4.69) is 4.90 Å². The van der Waals surface area contributed by atoms with Crippen LogP contribution in [-0.4, -0.2) is 48.8 Å². The number of rotatable bonds is 7. The molecule has 7 nitrogen and oxygen atoms in total. The molecule has 1 unspecified atom stereocenters. The third kappa shape index (κ3) is 4.83. The van der Waals surface area contributed by atoms with Gasteiger partial charge in [0.15, 0.2) is 0 Å². The number of hydrogen-bond acceptors (Lipinski definition) is 7. The molecule has 2 aromatic carbocycles. The number of esters is 1. The van der Waals surface area contributed by atoms with Crippen LogP contribution < -0.4 is 15.2 Å². The van der Waals surface area contributed by atoms with Crippen molar-refractivity contribution < 1.29 is 24.1 Å². The van der Waals surface area contributed by atoms with E-state index in [1.54, 1.807) is 19.1 Å². The van der Waals surface area contributed by atoms with Gasteiger partial charge in [-0.1, -0.05) is 24.6 Å². The summed E-state index contributed by atoms with van der Waals surface area (Å²) in [6.07, 6.45) is 3.84. The molecule has 1 fully saturated rings. The van der Waals surface area contributed by atoms with Gasteiger partial charge in [0.05, 0.1) is 12.5 Å². The molecule has 2 aromatic rings. The van der Waals surface area contributed by atoms with E-state index in [0.29, 0.717) is 12.4 Å². The van der Waals surface area contributed by atoms with Gasteiger partial charge in [-0.05, 0) is 56.6 Å². The number of piperidine rings is 1. The highest BCUT2D eigenvalue weighted by Gasteiger charge is 2.35. The van der Waals surface area contributed by atoms with Gasteiger partial charge in [0.25, 0.3) is 0 Å². The molecule has 4 rings (SSSR count). The second-order valence-electron chi connectivity index (χ2n) is 8.08. The van der Waals surface area contributed by atoms with E-state index in [0.717, 1.165) is 36.5 Å². The molecule has 170 valence electrons. The third-order valence-corrected chi connectivity index (χ3v) is 5.92. The number of phenols is 1. The second kappa shape index (κ2) is 9.96. The van der Waals surface area contributed by atoms with Crippen molar-refractivity contribution in [2.45, 2.75) is 32.1 Å². The monoisotopic (exact) mass is 438 g/mol. The van der Waals surface area contributed by atoms with E-state index in [9.17, 15) is 9.90 Å². The Kier molecular flexibility index (Phi) is 6.85. The van der Waals surface area contributed by atoms with Crippen molar-refractivity contribution in [2.24, 2.45) is 5.73 Å². The number of ether oxygens (including phenoxy) is 3. The van der Waals surface area contributed by atoms with Crippen LogP contribution in [0.5, 0.6) is 17.2 Å². The molecule has 2 heterocycles. The lowest BCUT2D eigenvalue weighted by atomic mass is 9.83. The SMILES string of the molecule is CCOC(=O)C1=C(N)Oc2cc(O)ccc2C1c1ccc(OCCN2CCCCC2)cc1. The highest BCUT2D eigenvalue weighted by atomic mass is 16.5. The summed E-state index contributed by atoms with van der Waals surface area (Å²) in [5.74, 6) is 0.248. The highest BCUT2D eigenvalue weighted by molar-refractivity contribution is 5.92. The minimum atomic E-state index is -0.518. The van der Waals surface area contributed by atoms with Crippen molar-refractivity contribution in [3.05, 3.63) is 65.0 Å². The number of hydrogen-bond donors (Lipinski definition) is 2. The summed E-state index contributed by atoms with van der Waals surface area (Å²) in [4.78, 5) is 15.1. The summed E-state index contributed by atoms with van der Waals surface area (Å²) < 4.78 is 16.8. The number of nitrogens with zero attached hydrogens (tertiary/aromatic N) is 1. The summed E-state index contributed by atoms with van der Waals surface area (Å²) in [7, 11) is 0. The fraction of sp³-hybridized carbons (Fsp3) is 0.400. The van der Waals surface area contributed by atoms with Gasteiger partial charge in [0.1, 0.15) is 29.4 Å². The fourth-order valence-corrected chi connectivity index (χ4v) is 4.33. The number of aromatic hydroxyl groups is 1.